The summed E-state index contributed by atoms with van der Waals surface area (Å²) in [4.78, 5) is 5.63. The number of hydrogen-bond donors (Lipinski definition) is 0. The third kappa shape index (κ3) is 4.50. The minimum atomic E-state index is -4.48. The maximum Gasteiger partial charge on any atom is 0.418 e. The van der Waals surface area contributed by atoms with Gasteiger partial charge in [0.25, 0.3) is 0 Å². The summed E-state index contributed by atoms with van der Waals surface area (Å²) in [6.45, 7) is 11.0. The second kappa shape index (κ2) is 9.40. The first kappa shape index (κ1) is 25.9. The number of anilines is 1. The van der Waals surface area contributed by atoms with Crippen LogP contribution in [-0.4, -0.2) is 50.4 Å². The van der Waals surface area contributed by atoms with E-state index in [0.29, 0.717) is 29.8 Å². The van der Waals surface area contributed by atoms with Crippen molar-refractivity contribution in [3.63, 3.8) is 0 Å². The topological polar surface area (TPSA) is 40.4 Å². The molecule has 2 fully saturated rings. The van der Waals surface area contributed by atoms with E-state index in [1.54, 1.807) is 22.3 Å². The Morgan fingerprint density at radius 2 is 1.90 bits per heavy atom. The van der Waals surface area contributed by atoms with Crippen LogP contribution in [0.1, 0.15) is 50.9 Å². The molecular formula is C30H35F3N6. The van der Waals surface area contributed by atoms with E-state index in [0.717, 1.165) is 49.4 Å². The molecule has 1 aliphatic carbocycles. The van der Waals surface area contributed by atoms with Gasteiger partial charge in [0.2, 0.25) is 0 Å². The van der Waals surface area contributed by atoms with Crippen molar-refractivity contribution in [2.75, 3.05) is 24.5 Å². The fourth-order valence-electron chi connectivity index (χ4n) is 6.89. The van der Waals surface area contributed by atoms with Crippen molar-refractivity contribution in [2.45, 2.75) is 51.1 Å². The lowest BCUT2D eigenvalue weighted by Crippen LogP contribution is -2.43. The number of halogens is 3. The molecule has 0 unspecified atom stereocenters. The molecule has 0 radical (unpaired) electrons. The van der Waals surface area contributed by atoms with Crippen LogP contribution in [0.4, 0.5) is 18.9 Å². The molecule has 6 rings (SSSR count). The summed E-state index contributed by atoms with van der Waals surface area (Å²) >= 11 is 0. The van der Waals surface area contributed by atoms with E-state index in [1.807, 2.05) is 29.9 Å². The average Bonchev–Trinajstić information content (AvgIpc) is 3.44. The van der Waals surface area contributed by atoms with Crippen LogP contribution >= 0.6 is 0 Å². The maximum absolute atomic E-state index is 14.3. The Hall–Kier alpha value is -3.33. The highest BCUT2D eigenvalue weighted by Crippen LogP contribution is 2.52. The average molecular weight is 537 g/mol. The van der Waals surface area contributed by atoms with Gasteiger partial charge in [0, 0.05) is 38.2 Å². The van der Waals surface area contributed by atoms with Crippen molar-refractivity contribution in [2.24, 2.45) is 18.9 Å². The van der Waals surface area contributed by atoms with Crippen LogP contribution in [0.25, 0.3) is 0 Å². The van der Waals surface area contributed by atoms with E-state index in [-0.39, 0.29) is 11.1 Å². The Morgan fingerprint density at radius 1 is 1.10 bits per heavy atom. The first-order chi connectivity index (χ1) is 18.5. The van der Waals surface area contributed by atoms with Gasteiger partial charge in [-0.1, -0.05) is 32.6 Å². The largest absolute Gasteiger partial charge is 0.418 e. The first-order valence-corrected chi connectivity index (χ1v) is 13.7. The Bertz CT molecular complexity index is 1380. The third-order valence-corrected chi connectivity index (χ3v) is 8.63. The van der Waals surface area contributed by atoms with E-state index < -0.39 is 11.7 Å². The minimum absolute atomic E-state index is 0.106. The van der Waals surface area contributed by atoms with Gasteiger partial charge >= 0.3 is 6.18 Å². The Kier molecular flexibility index (Phi) is 6.25. The molecule has 0 bridgehead atoms. The zero-order valence-corrected chi connectivity index (χ0v) is 22.7. The molecule has 0 N–H and O–H groups in total. The molecule has 4 aliphatic rings. The van der Waals surface area contributed by atoms with E-state index in [9.17, 15) is 13.2 Å². The summed E-state index contributed by atoms with van der Waals surface area (Å²) < 4.78 is 44.9. The predicted molar refractivity (Wildman–Crippen MR) is 145 cm³/mol. The molecule has 1 aromatic heterocycles. The molecule has 206 valence electrons. The lowest BCUT2D eigenvalue weighted by molar-refractivity contribution is -0.0909. The molecule has 1 aromatic carbocycles. The van der Waals surface area contributed by atoms with Crippen LogP contribution in [-0.2, 0) is 12.5 Å². The van der Waals surface area contributed by atoms with Crippen molar-refractivity contribution in [1.82, 2.24) is 24.6 Å². The lowest BCUT2D eigenvalue weighted by atomic mass is 9.58. The number of allylic oxidation sites excluding steroid dienone is 1. The molecule has 3 aliphatic heterocycles. The minimum Gasteiger partial charge on any atom is -0.320 e. The lowest BCUT2D eigenvalue weighted by Gasteiger charge is -2.46. The normalized spacial score (nSPS) is 27.6. The van der Waals surface area contributed by atoms with E-state index in [2.05, 4.69) is 47.7 Å². The predicted octanol–water partition coefficient (Wildman–Crippen LogP) is 6.08. The molecule has 0 spiro atoms. The van der Waals surface area contributed by atoms with Crippen molar-refractivity contribution < 1.29 is 13.2 Å². The summed E-state index contributed by atoms with van der Waals surface area (Å²) in [7, 11) is 1.95. The number of nitrogens with zero attached hydrogens (tertiary/aromatic N) is 6. The smallest absolute Gasteiger partial charge is 0.320 e. The summed E-state index contributed by atoms with van der Waals surface area (Å²) in [5, 5.41) is 8.55. The summed E-state index contributed by atoms with van der Waals surface area (Å²) in [5.74, 6) is 2.50. The van der Waals surface area contributed by atoms with Gasteiger partial charge in [-0.15, -0.1) is 10.2 Å². The van der Waals surface area contributed by atoms with Gasteiger partial charge in [0.1, 0.15) is 18.0 Å². The number of alkyl halides is 3. The van der Waals surface area contributed by atoms with Gasteiger partial charge in [-0.05, 0) is 73.4 Å². The van der Waals surface area contributed by atoms with E-state index >= 15 is 0 Å². The first-order valence-electron chi connectivity index (χ1n) is 13.7. The highest BCUT2D eigenvalue weighted by Gasteiger charge is 2.48. The second-order valence-electron chi connectivity index (χ2n) is 11.8. The summed E-state index contributed by atoms with van der Waals surface area (Å²) in [5.41, 5.74) is 1.73. The van der Waals surface area contributed by atoms with Crippen molar-refractivity contribution in [3.8, 4) is 0 Å². The van der Waals surface area contributed by atoms with E-state index in [4.69, 9.17) is 0 Å². The van der Waals surface area contributed by atoms with E-state index in [1.165, 1.54) is 12.5 Å². The van der Waals surface area contributed by atoms with Gasteiger partial charge in [-0.2, -0.15) is 13.2 Å². The highest BCUT2D eigenvalue weighted by molar-refractivity contribution is 5.65. The van der Waals surface area contributed by atoms with Crippen LogP contribution < -0.4 is 4.90 Å². The monoisotopic (exact) mass is 536 g/mol. The van der Waals surface area contributed by atoms with Crippen LogP contribution in [0, 0.1) is 11.8 Å². The zero-order chi connectivity index (χ0) is 27.5. The van der Waals surface area contributed by atoms with Gasteiger partial charge in [0.15, 0.2) is 0 Å². The number of hydrogen-bond acceptors (Lipinski definition) is 5. The second-order valence-corrected chi connectivity index (χ2v) is 11.8. The van der Waals surface area contributed by atoms with Crippen LogP contribution in [0.5, 0.6) is 0 Å². The molecule has 1 atom stereocenters. The molecular weight excluding hydrogens is 501 g/mol. The number of likely N-dealkylation sites (tertiary alicyclic amines) is 1. The van der Waals surface area contributed by atoms with Crippen molar-refractivity contribution in [1.29, 1.82) is 0 Å². The number of piperidine rings is 1. The molecule has 6 nitrogen and oxygen atoms in total. The number of aromatic nitrogens is 3. The highest BCUT2D eigenvalue weighted by atomic mass is 19.4. The zero-order valence-electron chi connectivity index (χ0n) is 22.7. The summed E-state index contributed by atoms with van der Waals surface area (Å²) in [6, 6.07) is 8.04. The Morgan fingerprint density at radius 3 is 2.56 bits per heavy atom. The molecule has 1 saturated carbocycles. The van der Waals surface area contributed by atoms with Gasteiger partial charge < -0.3 is 14.4 Å². The molecule has 39 heavy (non-hydrogen) atoms. The summed E-state index contributed by atoms with van der Waals surface area (Å²) in [6.07, 6.45) is 6.07. The third-order valence-electron chi connectivity index (χ3n) is 8.63. The fraction of sp³-hybridized carbons (Fsp3) is 0.467. The molecule has 1 saturated heterocycles. The van der Waals surface area contributed by atoms with Crippen molar-refractivity contribution in [3.05, 3.63) is 89.7 Å². The van der Waals surface area contributed by atoms with Crippen LogP contribution in [0.3, 0.4) is 0 Å². The van der Waals surface area contributed by atoms with Crippen LogP contribution in [0.2, 0.25) is 0 Å². The quantitative estimate of drug-likeness (QED) is 0.463. The number of benzene rings is 1. The van der Waals surface area contributed by atoms with Crippen LogP contribution in [0.15, 0.2) is 78.3 Å². The number of rotatable bonds is 5. The van der Waals surface area contributed by atoms with Gasteiger partial charge in [-0.25, -0.2) is 0 Å². The molecule has 9 heteroatoms. The number of aryl methyl sites for hydroxylation is 1. The van der Waals surface area contributed by atoms with Gasteiger partial charge in [-0.3, -0.25) is 4.90 Å². The maximum atomic E-state index is 14.3. The van der Waals surface area contributed by atoms with Crippen molar-refractivity contribution >= 4 is 5.69 Å². The molecule has 0 amide bonds. The Balaban J connectivity index is 1.33. The molecule has 4 heterocycles. The molecule has 2 aromatic rings. The standard InChI is InChI=1S/C30H35F3N6/c1-20-7-6-10-37(15-20)16-23-11-26(30(31,32)33)27-18-38(22(3)39(27)17-23)25-9-5-8-24(12-25)29(13-21(2)14-29)28-35-34-19-36(28)4/h5,8-9,11-12,17-21H,3,6-7,10,13-16H2,1-2,4H3/t20-,21?,29?/m0/s1. The van der Waals surface area contributed by atoms with Gasteiger partial charge in [0.05, 0.1) is 16.7 Å². The SMILES string of the molecule is C=C1N2C=C(CN3CCC[C@H](C)C3)C=C(C(F)(F)F)C2=CN1c1cccc(C2(c3nncn3C)CC(C)C2)c1. The fourth-order valence-corrected chi connectivity index (χ4v) is 6.89. The Labute approximate surface area is 227 Å². The number of fused-ring (bicyclic) bond motifs is 1.